The van der Waals surface area contributed by atoms with Crippen molar-refractivity contribution in [2.45, 2.75) is 13.5 Å². The van der Waals surface area contributed by atoms with E-state index >= 15 is 0 Å². The number of carbonyl (C=O) groups is 1. The highest BCUT2D eigenvalue weighted by Crippen LogP contribution is 2.11. The average Bonchev–Trinajstić information content (AvgIpc) is 2.61. The van der Waals surface area contributed by atoms with Crippen molar-refractivity contribution >= 4 is 47.4 Å². The van der Waals surface area contributed by atoms with Crippen LogP contribution in [-0.2, 0) is 11.3 Å². The number of carbonyl (C=O) groups excluding carboxylic acids is 1. The molecule has 1 aliphatic heterocycles. The van der Waals surface area contributed by atoms with Crippen LogP contribution in [0.15, 0.2) is 29.3 Å². The Labute approximate surface area is 178 Å². The summed E-state index contributed by atoms with van der Waals surface area (Å²) >= 11 is 5.93. The van der Waals surface area contributed by atoms with Crippen LogP contribution in [0.1, 0.15) is 12.5 Å². The van der Waals surface area contributed by atoms with Crippen LogP contribution in [0.5, 0.6) is 0 Å². The largest absolute Gasteiger partial charge is 0.355 e. The van der Waals surface area contributed by atoms with Crippen molar-refractivity contribution in [3.8, 4) is 0 Å². The molecule has 0 saturated carbocycles. The van der Waals surface area contributed by atoms with E-state index in [-0.39, 0.29) is 29.9 Å². The summed E-state index contributed by atoms with van der Waals surface area (Å²) in [6, 6.07) is 7.87. The van der Waals surface area contributed by atoms with Crippen LogP contribution in [0.25, 0.3) is 0 Å². The van der Waals surface area contributed by atoms with Crippen LogP contribution in [-0.4, -0.2) is 79.9 Å². The van der Waals surface area contributed by atoms with Gasteiger partial charge in [0.05, 0.1) is 0 Å². The third kappa shape index (κ3) is 7.28. The van der Waals surface area contributed by atoms with Crippen LogP contribution in [0.3, 0.4) is 0 Å². The highest BCUT2D eigenvalue weighted by Gasteiger charge is 2.18. The van der Waals surface area contributed by atoms with Crippen molar-refractivity contribution < 1.29 is 4.79 Å². The Bertz CT molecular complexity index is 588. The lowest BCUT2D eigenvalue weighted by atomic mass is 10.2. The number of halogens is 2. The van der Waals surface area contributed by atoms with Crippen LogP contribution >= 0.6 is 35.6 Å². The molecule has 0 aromatic heterocycles. The molecule has 1 aromatic carbocycles. The molecule has 1 amide bonds. The number of piperazine rings is 1. The van der Waals surface area contributed by atoms with Crippen LogP contribution in [0.2, 0.25) is 5.02 Å². The van der Waals surface area contributed by atoms with Gasteiger partial charge in [0.15, 0.2) is 5.96 Å². The van der Waals surface area contributed by atoms with Gasteiger partial charge in [-0.05, 0) is 17.7 Å². The van der Waals surface area contributed by atoms with Crippen molar-refractivity contribution in [1.29, 1.82) is 0 Å². The highest BCUT2D eigenvalue weighted by atomic mass is 127. The molecule has 0 spiro atoms. The second kappa shape index (κ2) is 11.6. The molecule has 2 rings (SSSR count). The summed E-state index contributed by atoms with van der Waals surface area (Å²) in [7, 11) is 3.82. The van der Waals surface area contributed by atoms with Gasteiger partial charge in [-0.15, -0.1) is 24.0 Å². The number of hydrogen-bond acceptors (Lipinski definition) is 3. The molecule has 1 heterocycles. The van der Waals surface area contributed by atoms with E-state index in [2.05, 4.69) is 20.1 Å². The normalized spacial score (nSPS) is 15.4. The lowest BCUT2D eigenvalue weighted by Gasteiger charge is -2.34. The van der Waals surface area contributed by atoms with E-state index in [0.29, 0.717) is 0 Å². The van der Waals surface area contributed by atoms with Gasteiger partial charge >= 0.3 is 0 Å². The van der Waals surface area contributed by atoms with E-state index in [4.69, 9.17) is 11.6 Å². The minimum atomic E-state index is 0. The molecular weight excluding hydrogens is 465 g/mol. The standard InChI is InChI=1S/C18H28ClN5O.HI/c1-15(25)24-12-10-23(11-13-24)9-8-21-18(20-2)22(3)14-16-4-6-17(19)7-5-16;/h4-7H,8-14H2,1-3H3,(H,20,21);1H. The van der Waals surface area contributed by atoms with Gasteiger partial charge in [0.25, 0.3) is 0 Å². The van der Waals surface area contributed by atoms with Gasteiger partial charge in [0.2, 0.25) is 5.91 Å². The minimum Gasteiger partial charge on any atom is -0.355 e. The maximum Gasteiger partial charge on any atom is 0.219 e. The molecule has 8 heteroatoms. The molecular formula is C18H29ClIN5O. The average molecular weight is 494 g/mol. The van der Waals surface area contributed by atoms with Gasteiger partial charge in [0.1, 0.15) is 0 Å². The Morgan fingerprint density at radius 1 is 1.23 bits per heavy atom. The van der Waals surface area contributed by atoms with Gasteiger partial charge in [0, 0.05) is 71.9 Å². The summed E-state index contributed by atoms with van der Waals surface area (Å²) in [6.07, 6.45) is 0. The molecule has 0 bridgehead atoms. The van der Waals surface area contributed by atoms with Crippen molar-refractivity contribution in [2.24, 2.45) is 4.99 Å². The number of nitrogens with zero attached hydrogens (tertiary/aromatic N) is 4. The Morgan fingerprint density at radius 3 is 2.38 bits per heavy atom. The van der Waals surface area contributed by atoms with Gasteiger partial charge in [-0.3, -0.25) is 14.7 Å². The summed E-state index contributed by atoms with van der Waals surface area (Å²) in [5.74, 6) is 1.04. The molecule has 1 saturated heterocycles. The summed E-state index contributed by atoms with van der Waals surface area (Å²) in [5.41, 5.74) is 1.19. The molecule has 146 valence electrons. The van der Waals surface area contributed by atoms with E-state index < -0.39 is 0 Å². The van der Waals surface area contributed by atoms with Gasteiger partial charge < -0.3 is 15.1 Å². The zero-order valence-electron chi connectivity index (χ0n) is 15.7. The third-order valence-corrected chi connectivity index (χ3v) is 4.69. The van der Waals surface area contributed by atoms with Crippen molar-refractivity contribution in [2.75, 3.05) is 53.4 Å². The fourth-order valence-corrected chi connectivity index (χ4v) is 3.06. The number of benzene rings is 1. The van der Waals surface area contributed by atoms with Gasteiger partial charge in [-0.2, -0.15) is 0 Å². The molecule has 6 nitrogen and oxygen atoms in total. The molecule has 0 radical (unpaired) electrons. The maximum atomic E-state index is 11.4. The summed E-state index contributed by atoms with van der Waals surface area (Å²) in [4.78, 5) is 22.1. The number of aliphatic imine (C=N–C) groups is 1. The Hall–Kier alpha value is -1.06. The number of nitrogens with one attached hydrogen (secondary N) is 1. The highest BCUT2D eigenvalue weighted by molar-refractivity contribution is 14.0. The lowest BCUT2D eigenvalue weighted by Crippen LogP contribution is -2.50. The number of rotatable bonds is 5. The SMILES string of the molecule is CN=C(NCCN1CCN(C(C)=O)CC1)N(C)Cc1ccc(Cl)cc1.I. The molecule has 1 aliphatic rings. The van der Waals surface area contributed by atoms with Crippen LogP contribution in [0.4, 0.5) is 0 Å². The zero-order chi connectivity index (χ0) is 18.2. The molecule has 0 aliphatic carbocycles. The first-order valence-electron chi connectivity index (χ1n) is 8.63. The van der Waals surface area contributed by atoms with Crippen molar-refractivity contribution in [3.63, 3.8) is 0 Å². The summed E-state index contributed by atoms with van der Waals surface area (Å²) in [5, 5.41) is 4.16. The second-order valence-electron chi connectivity index (χ2n) is 6.30. The molecule has 1 aromatic rings. The number of hydrogen-bond donors (Lipinski definition) is 1. The predicted octanol–water partition coefficient (Wildman–Crippen LogP) is 2.13. The van der Waals surface area contributed by atoms with Crippen molar-refractivity contribution in [1.82, 2.24) is 20.0 Å². The molecule has 26 heavy (non-hydrogen) atoms. The third-order valence-electron chi connectivity index (χ3n) is 4.44. The van der Waals surface area contributed by atoms with Crippen molar-refractivity contribution in [3.05, 3.63) is 34.9 Å². The summed E-state index contributed by atoms with van der Waals surface area (Å²) < 4.78 is 0. The summed E-state index contributed by atoms with van der Waals surface area (Å²) in [6.45, 7) is 7.69. The molecule has 0 atom stereocenters. The van der Waals surface area contributed by atoms with E-state index in [9.17, 15) is 4.79 Å². The van der Waals surface area contributed by atoms with Crippen LogP contribution < -0.4 is 5.32 Å². The first-order chi connectivity index (χ1) is 12.0. The van der Waals surface area contributed by atoms with Gasteiger partial charge in [-0.1, -0.05) is 23.7 Å². The fourth-order valence-electron chi connectivity index (χ4n) is 2.94. The van der Waals surface area contributed by atoms with E-state index in [0.717, 1.165) is 56.8 Å². The molecule has 0 unspecified atom stereocenters. The monoisotopic (exact) mass is 493 g/mol. The first kappa shape index (κ1) is 23.0. The quantitative estimate of drug-likeness (QED) is 0.388. The fraction of sp³-hybridized carbons (Fsp3) is 0.556. The Balaban J connectivity index is 0.00000338. The second-order valence-corrected chi connectivity index (χ2v) is 6.74. The predicted molar refractivity (Wildman–Crippen MR) is 118 cm³/mol. The smallest absolute Gasteiger partial charge is 0.219 e. The lowest BCUT2D eigenvalue weighted by molar-refractivity contribution is -0.130. The Morgan fingerprint density at radius 2 is 1.85 bits per heavy atom. The number of guanidine groups is 1. The first-order valence-corrected chi connectivity index (χ1v) is 9.01. The van der Waals surface area contributed by atoms with E-state index in [1.165, 1.54) is 5.56 Å². The zero-order valence-corrected chi connectivity index (χ0v) is 18.8. The van der Waals surface area contributed by atoms with E-state index in [1.807, 2.05) is 36.2 Å². The van der Waals surface area contributed by atoms with Gasteiger partial charge in [-0.25, -0.2) is 0 Å². The topological polar surface area (TPSA) is 51.2 Å². The molecule has 1 N–H and O–H groups in total. The maximum absolute atomic E-state index is 11.4. The Kier molecular flexibility index (Phi) is 10.3. The molecule has 1 fully saturated rings. The van der Waals surface area contributed by atoms with E-state index in [1.54, 1.807) is 14.0 Å². The number of amides is 1. The minimum absolute atomic E-state index is 0. The van der Waals surface area contributed by atoms with Crippen LogP contribution in [0, 0.1) is 0 Å².